The molecule has 1 amide bonds. The second-order valence-electron chi connectivity index (χ2n) is 5.49. The van der Waals surface area contributed by atoms with Crippen molar-refractivity contribution in [3.05, 3.63) is 11.1 Å². The Labute approximate surface area is 113 Å². The molecule has 1 aromatic heterocycles. The molecule has 0 aromatic carbocycles. The van der Waals surface area contributed by atoms with Crippen LogP contribution in [0.2, 0.25) is 0 Å². The lowest BCUT2D eigenvalue weighted by Crippen LogP contribution is -2.30. The average molecular weight is 269 g/mol. The molecule has 0 saturated carbocycles. The molecule has 2 N–H and O–H groups in total. The van der Waals surface area contributed by atoms with Crippen LogP contribution in [-0.2, 0) is 10.2 Å². The monoisotopic (exact) mass is 269 g/mol. The minimum atomic E-state index is -0.0491. The standard InChI is InChI=1S/C13H23N3OS/c1-6-14-7-9(2)11(17)16-12-15-10(8-18-12)13(3,4)5/h8-9,14H,6-7H2,1-5H3,(H,15,16,17). The Balaban J connectivity index is 2.57. The summed E-state index contributed by atoms with van der Waals surface area (Å²) >= 11 is 1.48. The van der Waals surface area contributed by atoms with Crippen LogP contribution in [0.5, 0.6) is 0 Å². The molecule has 18 heavy (non-hydrogen) atoms. The summed E-state index contributed by atoms with van der Waals surface area (Å²) in [5, 5.41) is 8.73. The molecule has 5 heteroatoms. The number of nitrogens with zero attached hydrogens (tertiary/aromatic N) is 1. The van der Waals surface area contributed by atoms with Gasteiger partial charge in [-0.3, -0.25) is 4.79 Å². The van der Waals surface area contributed by atoms with Crippen molar-refractivity contribution in [1.29, 1.82) is 0 Å². The van der Waals surface area contributed by atoms with E-state index in [0.29, 0.717) is 11.7 Å². The van der Waals surface area contributed by atoms with Gasteiger partial charge in [0.1, 0.15) is 0 Å². The summed E-state index contributed by atoms with van der Waals surface area (Å²) in [4.78, 5) is 16.3. The normalized spacial score (nSPS) is 13.4. The third-order valence-electron chi connectivity index (χ3n) is 2.65. The van der Waals surface area contributed by atoms with Gasteiger partial charge in [0, 0.05) is 23.3 Å². The molecule has 0 aliphatic heterocycles. The molecule has 1 aromatic rings. The van der Waals surface area contributed by atoms with Crippen molar-refractivity contribution in [1.82, 2.24) is 10.3 Å². The van der Waals surface area contributed by atoms with Gasteiger partial charge in [0.25, 0.3) is 0 Å². The highest BCUT2D eigenvalue weighted by Crippen LogP contribution is 2.26. The molecule has 1 rings (SSSR count). The first-order chi connectivity index (χ1) is 8.34. The third-order valence-corrected chi connectivity index (χ3v) is 3.41. The topological polar surface area (TPSA) is 54.0 Å². The summed E-state index contributed by atoms with van der Waals surface area (Å²) in [6, 6.07) is 0. The van der Waals surface area contributed by atoms with Crippen LogP contribution in [-0.4, -0.2) is 24.0 Å². The smallest absolute Gasteiger partial charge is 0.230 e. The number of rotatable bonds is 5. The van der Waals surface area contributed by atoms with Crippen LogP contribution in [0.3, 0.4) is 0 Å². The van der Waals surface area contributed by atoms with Crippen molar-refractivity contribution >= 4 is 22.4 Å². The number of hydrogen-bond donors (Lipinski definition) is 2. The Morgan fingerprint density at radius 1 is 1.50 bits per heavy atom. The van der Waals surface area contributed by atoms with Gasteiger partial charge in [0.2, 0.25) is 5.91 Å². The molecule has 1 heterocycles. The van der Waals surface area contributed by atoms with Gasteiger partial charge in [-0.15, -0.1) is 11.3 Å². The first kappa shape index (κ1) is 15.1. The summed E-state index contributed by atoms with van der Waals surface area (Å²) in [5.41, 5.74) is 1.04. The highest BCUT2D eigenvalue weighted by Gasteiger charge is 2.19. The maximum atomic E-state index is 11.9. The van der Waals surface area contributed by atoms with E-state index in [0.717, 1.165) is 12.2 Å². The number of aromatic nitrogens is 1. The molecule has 1 unspecified atom stereocenters. The molecule has 0 saturated heterocycles. The molecule has 1 atom stereocenters. The summed E-state index contributed by atoms with van der Waals surface area (Å²) in [6.07, 6.45) is 0. The molecule has 0 radical (unpaired) electrons. The second-order valence-corrected chi connectivity index (χ2v) is 6.34. The molecule has 0 bridgehead atoms. The highest BCUT2D eigenvalue weighted by atomic mass is 32.1. The maximum absolute atomic E-state index is 11.9. The van der Waals surface area contributed by atoms with Gasteiger partial charge in [-0.25, -0.2) is 4.98 Å². The lowest BCUT2D eigenvalue weighted by atomic mass is 9.93. The Bertz CT molecular complexity index is 395. The Hall–Kier alpha value is -0.940. The van der Waals surface area contributed by atoms with Crippen molar-refractivity contribution < 1.29 is 4.79 Å². The van der Waals surface area contributed by atoms with Crippen LogP contribution >= 0.6 is 11.3 Å². The van der Waals surface area contributed by atoms with E-state index in [4.69, 9.17) is 0 Å². The Kier molecular flexibility index (Phi) is 5.28. The zero-order valence-corrected chi connectivity index (χ0v) is 12.6. The zero-order valence-electron chi connectivity index (χ0n) is 11.8. The van der Waals surface area contributed by atoms with E-state index in [1.165, 1.54) is 11.3 Å². The van der Waals surface area contributed by atoms with Crippen molar-refractivity contribution in [2.24, 2.45) is 5.92 Å². The van der Waals surface area contributed by atoms with Gasteiger partial charge >= 0.3 is 0 Å². The SMILES string of the molecule is CCNCC(C)C(=O)Nc1nc(C(C)(C)C)cs1. The second kappa shape index (κ2) is 6.29. The van der Waals surface area contributed by atoms with Crippen LogP contribution in [0.25, 0.3) is 0 Å². The first-order valence-electron chi connectivity index (χ1n) is 6.32. The lowest BCUT2D eigenvalue weighted by molar-refractivity contribution is -0.119. The van der Waals surface area contributed by atoms with Gasteiger partial charge < -0.3 is 10.6 Å². The van der Waals surface area contributed by atoms with E-state index in [1.807, 2.05) is 19.2 Å². The van der Waals surface area contributed by atoms with Crippen LogP contribution in [0.4, 0.5) is 5.13 Å². The minimum absolute atomic E-state index is 0.0192. The van der Waals surface area contributed by atoms with E-state index < -0.39 is 0 Å². The quantitative estimate of drug-likeness (QED) is 0.864. The largest absolute Gasteiger partial charge is 0.316 e. The van der Waals surface area contributed by atoms with E-state index in [1.54, 1.807) is 0 Å². The van der Waals surface area contributed by atoms with E-state index in [-0.39, 0.29) is 17.2 Å². The van der Waals surface area contributed by atoms with Gasteiger partial charge in [0.15, 0.2) is 5.13 Å². The first-order valence-corrected chi connectivity index (χ1v) is 7.20. The van der Waals surface area contributed by atoms with Crippen LogP contribution in [0.15, 0.2) is 5.38 Å². The molecular formula is C13H23N3OS. The molecule has 0 aliphatic carbocycles. The Morgan fingerprint density at radius 2 is 2.17 bits per heavy atom. The van der Waals surface area contributed by atoms with Gasteiger partial charge in [-0.05, 0) is 6.54 Å². The number of hydrogen-bond acceptors (Lipinski definition) is 4. The van der Waals surface area contributed by atoms with Gasteiger partial charge in [-0.2, -0.15) is 0 Å². The Morgan fingerprint density at radius 3 is 2.67 bits per heavy atom. The fourth-order valence-electron chi connectivity index (χ4n) is 1.36. The van der Waals surface area contributed by atoms with E-state index >= 15 is 0 Å². The predicted octanol–water partition coefficient (Wildman–Crippen LogP) is 2.62. The maximum Gasteiger partial charge on any atom is 0.230 e. The summed E-state index contributed by atoms with van der Waals surface area (Å²) in [7, 11) is 0. The zero-order chi connectivity index (χ0) is 13.8. The average Bonchev–Trinajstić information content (AvgIpc) is 2.73. The van der Waals surface area contributed by atoms with E-state index in [9.17, 15) is 4.79 Å². The summed E-state index contributed by atoms with van der Waals surface area (Å²) < 4.78 is 0. The molecular weight excluding hydrogens is 246 g/mol. The lowest BCUT2D eigenvalue weighted by Gasteiger charge is -2.14. The van der Waals surface area contributed by atoms with Crippen molar-refractivity contribution in [2.75, 3.05) is 18.4 Å². The molecule has 102 valence electrons. The number of carbonyl (C=O) groups is 1. The molecule has 0 spiro atoms. The number of nitrogens with one attached hydrogen (secondary N) is 2. The van der Waals surface area contributed by atoms with Crippen molar-refractivity contribution in [3.63, 3.8) is 0 Å². The van der Waals surface area contributed by atoms with Crippen molar-refractivity contribution in [3.8, 4) is 0 Å². The highest BCUT2D eigenvalue weighted by molar-refractivity contribution is 7.13. The number of thiazole rings is 1. The number of amides is 1. The molecule has 0 fully saturated rings. The number of anilines is 1. The number of carbonyl (C=O) groups excluding carboxylic acids is 1. The predicted molar refractivity (Wildman–Crippen MR) is 77.2 cm³/mol. The fourth-order valence-corrected chi connectivity index (χ4v) is 2.30. The van der Waals surface area contributed by atoms with Crippen LogP contribution in [0, 0.1) is 5.92 Å². The van der Waals surface area contributed by atoms with E-state index in [2.05, 4.69) is 36.4 Å². The molecule has 0 aliphatic rings. The fraction of sp³-hybridized carbons (Fsp3) is 0.692. The van der Waals surface area contributed by atoms with Gasteiger partial charge in [-0.1, -0.05) is 34.6 Å². The third kappa shape index (κ3) is 4.38. The summed E-state index contributed by atoms with van der Waals surface area (Å²) in [5.74, 6) is -0.0299. The summed E-state index contributed by atoms with van der Waals surface area (Å²) in [6.45, 7) is 11.9. The van der Waals surface area contributed by atoms with Gasteiger partial charge in [0.05, 0.1) is 5.69 Å². The van der Waals surface area contributed by atoms with Crippen molar-refractivity contribution in [2.45, 2.75) is 40.0 Å². The molecule has 4 nitrogen and oxygen atoms in total. The van der Waals surface area contributed by atoms with Crippen LogP contribution < -0.4 is 10.6 Å². The van der Waals surface area contributed by atoms with Crippen LogP contribution in [0.1, 0.15) is 40.3 Å². The minimum Gasteiger partial charge on any atom is -0.316 e.